The molecule has 1 aliphatic carbocycles. The van der Waals surface area contributed by atoms with E-state index in [1.807, 2.05) is 0 Å². The summed E-state index contributed by atoms with van der Waals surface area (Å²) in [6.07, 6.45) is -0.125. The number of aromatic nitrogens is 4. The number of fused-ring (bicyclic) bond motifs is 3. The van der Waals surface area contributed by atoms with Gasteiger partial charge in [-0.15, -0.1) is 0 Å². The van der Waals surface area contributed by atoms with E-state index in [2.05, 4.69) is 25.9 Å². The number of rotatable bonds is 3. The van der Waals surface area contributed by atoms with Crippen molar-refractivity contribution in [3.63, 3.8) is 0 Å². The number of imidazole rings is 1. The molecule has 9 nitrogen and oxygen atoms in total. The first-order chi connectivity index (χ1) is 21.9. The summed E-state index contributed by atoms with van der Waals surface area (Å²) in [4.78, 5) is 34.9. The predicted molar refractivity (Wildman–Crippen MR) is 160 cm³/mol. The Balaban J connectivity index is 1.32. The number of pyridine rings is 1. The fraction of sp³-hybridized carbons (Fsp3) is 0.500. The van der Waals surface area contributed by atoms with Crippen molar-refractivity contribution in [2.45, 2.75) is 69.8 Å². The molecular weight excluding hydrogens is 609 g/mol. The van der Waals surface area contributed by atoms with Crippen molar-refractivity contribution in [3.8, 4) is 11.5 Å². The van der Waals surface area contributed by atoms with Crippen LogP contribution in [0.4, 0.5) is 22.0 Å². The Morgan fingerprint density at radius 2 is 1.93 bits per heavy atom. The first-order valence-electron chi connectivity index (χ1n) is 15.6. The molecular formula is C32H34F5N7O2. The molecule has 3 aromatic heterocycles. The molecule has 7 rings (SSSR count). The summed E-state index contributed by atoms with van der Waals surface area (Å²) in [5, 5.41) is 8.90. The molecule has 2 bridgehead atoms. The maximum Gasteiger partial charge on any atom is 0.265 e. The van der Waals surface area contributed by atoms with E-state index in [0.29, 0.717) is 30.5 Å². The minimum absolute atomic E-state index is 0.0600. The summed E-state index contributed by atoms with van der Waals surface area (Å²) in [7, 11) is 1.43. The molecule has 2 amide bonds. The standard InChI is InChI=1S/C32H34F5N7O2/c1-15-21-6-5-17-11-24(44(28(17)40-21)14-32(36,37)8-3-4-16-10-18(16)30(45)39-15)29-41-22-12-19(25(34)26(35)27(22)43(29)2)31(46)42-23-13-38-9-7-20(23)33/h5-6,11-12,15-16,18,20,23,38H,3-4,7-10,13-14H2,1-2H3,(H,39,45)(H,42,46)/t15-,16-,18-,20+,23+/m1/s1. The van der Waals surface area contributed by atoms with Gasteiger partial charge in [0.15, 0.2) is 17.5 Å². The number of halogens is 5. The van der Waals surface area contributed by atoms with Crippen LogP contribution < -0.4 is 16.0 Å². The highest BCUT2D eigenvalue weighted by Gasteiger charge is 2.43. The van der Waals surface area contributed by atoms with Gasteiger partial charge in [-0.2, -0.15) is 0 Å². The van der Waals surface area contributed by atoms with Gasteiger partial charge in [0.1, 0.15) is 17.3 Å². The molecule has 5 heterocycles. The Morgan fingerprint density at radius 1 is 1.13 bits per heavy atom. The molecule has 0 unspecified atom stereocenters. The van der Waals surface area contributed by atoms with E-state index in [0.717, 1.165) is 6.07 Å². The van der Waals surface area contributed by atoms with Gasteiger partial charge in [-0.3, -0.25) is 9.59 Å². The smallest absolute Gasteiger partial charge is 0.265 e. The number of piperidine rings is 1. The Kier molecular flexibility index (Phi) is 7.52. The Bertz CT molecular complexity index is 1870. The van der Waals surface area contributed by atoms with Crippen LogP contribution >= 0.6 is 0 Å². The van der Waals surface area contributed by atoms with Gasteiger partial charge in [-0.1, -0.05) is 0 Å². The van der Waals surface area contributed by atoms with Gasteiger partial charge < -0.3 is 25.1 Å². The van der Waals surface area contributed by atoms with E-state index >= 15 is 17.6 Å². The second kappa shape index (κ2) is 11.3. The predicted octanol–water partition coefficient (Wildman–Crippen LogP) is 4.93. The van der Waals surface area contributed by atoms with Gasteiger partial charge in [-0.25, -0.2) is 31.9 Å². The third-order valence-corrected chi connectivity index (χ3v) is 9.56. The monoisotopic (exact) mass is 643 g/mol. The van der Waals surface area contributed by atoms with Crippen molar-refractivity contribution in [3.05, 3.63) is 47.2 Å². The zero-order valence-corrected chi connectivity index (χ0v) is 25.3. The molecule has 2 fully saturated rings. The lowest BCUT2D eigenvalue weighted by Crippen LogP contribution is -2.52. The van der Waals surface area contributed by atoms with Gasteiger partial charge in [0, 0.05) is 31.3 Å². The van der Waals surface area contributed by atoms with Crippen molar-refractivity contribution in [2.24, 2.45) is 18.9 Å². The van der Waals surface area contributed by atoms with E-state index in [4.69, 9.17) is 0 Å². The number of nitrogens with zero attached hydrogens (tertiary/aromatic N) is 4. The lowest BCUT2D eigenvalue weighted by molar-refractivity contribution is -0.123. The van der Waals surface area contributed by atoms with Gasteiger partial charge in [0.05, 0.1) is 41.1 Å². The van der Waals surface area contributed by atoms with Crippen LogP contribution in [0.5, 0.6) is 0 Å². The Labute approximate surface area is 260 Å². The van der Waals surface area contributed by atoms with E-state index in [9.17, 15) is 14.0 Å². The average Bonchev–Trinajstić information content (AvgIpc) is 3.60. The second-order valence-electron chi connectivity index (χ2n) is 12.8. The van der Waals surface area contributed by atoms with Crippen molar-refractivity contribution < 1.29 is 31.5 Å². The number of carbonyl (C=O) groups is 2. The Morgan fingerprint density at radius 3 is 2.72 bits per heavy atom. The number of amides is 2. The molecule has 2 aliphatic heterocycles. The number of aryl methyl sites for hydroxylation is 1. The van der Waals surface area contributed by atoms with Crippen LogP contribution in [0.25, 0.3) is 33.6 Å². The van der Waals surface area contributed by atoms with Crippen molar-refractivity contribution in [2.75, 3.05) is 13.1 Å². The SMILES string of the molecule is C[C@H]1NC(=O)[C@@H]2C[C@H]2CCCC(F)(F)Cn2c(-c3nc4cc(C(=O)N[C@H]5CNCC[C@@H]5F)c(F)c(F)c4n3C)cc3ccc1nc32. The Hall–Kier alpha value is -4.07. The van der Waals surface area contributed by atoms with Crippen LogP contribution in [-0.2, 0) is 18.4 Å². The average molecular weight is 644 g/mol. The van der Waals surface area contributed by atoms with Gasteiger partial charge in [-0.05, 0) is 69.3 Å². The normalized spacial score (nSPS) is 26.5. The highest BCUT2D eigenvalue weighted by Crippen LogP contribution is 2.44. The molecule has 1 saturated heterocycles. The minimum atomic E-state index is -3.14. The van der Waals surface area contributed by atoms with E-state index in [1.165, 1.54) is 16.2 Å². The summed E-state index contributed by atoms with van der Waals surface area (Å²) in [5.74, 6) is -7.03. The first-order valence-corrected chi connectivity index (χ1v) is 15.6. The van der Waals surface area contributed by atoms with E-state index in [-0.39, 0.29) is 65.3 Å². The lowest BCUT2D eigenvalue weighted by atomic mass is 10.0. The lowest BCUT2D eigenvalue weighted by Gasteiger charge is -2.27. The fourth-order valence-corrected chi connectivity index (χ4v) is 6.85. The molecule has 46 heavy (non-hydrogen) atoms. The number of benzene rings is 1. The highest BCUT2D eigenvalue weighted by atomic mass is 19.3. The molecule has 5 atom stereocenters. The molecule has 4 aromatic rings. The van der Waals surface area contributed by atoms with E-state index in [1.54, 1.807) is 25.1 Å². The summed E-state index contributed by atoms with van der Waals surface area (Å²) >= 11 is 0. The highest BCUT2D eigenvalue weighted by molar-refractivity contribution is 5.99. The fourth-order valence-electron chi connectivity index (χ4n) is 6.85. The molecule has 3 aliphatic rings. The van der Waals surface area contributed by atoms with Gasteiger partial charge in [0.2, 0.25) is 5.91 Å². The topological polar surface area (TPSA) is 106 Å². The van der Waals surface area contributed by atoms with Crippen LogP contribution in [-0.4, -0.2) is 62.1 Å². The maximum atomic E-state index is 15.6. The summed E-state index contributed by atoms with van der Waals surface area (Å²) in [6, 6.07) is 4.75. The minimum Gasteiger partial charge on any atom is -0.348 e. The van der Waals surface area contributed by atoms with Gasteiger partial charge in [0.25, 0.3) is 11.8 Å². The molecule has 1 aromatic carbocycles. The molecule has 3 N–H and O–H groups in total. The second-order valence-corrected chi connectivity index (χ2v) is 12.8. The molecule has 0 radical (unpaired) electrons. The van der Waals surface area contributed by atoms with Crippen molar-refractivity contribution in [1.29, 1.82) is 0 Å². The number of alkyl halides is 3. The summed E-state index contributed by atoms with van der Waals surface area (Å²) < 4.78 is 79.0. The largest absolute Gasteiger partial charge is 0.348 e. The van der Waals surface area contributed by atoms with Crippen LogP contribution in [0.1, 0.15) is 61.1 Å². The number of nitrogens with one attached hydrogen (secondary N) is 3. The molecule has 0 spiro atoms. The summed E-state index contributed by atoms with van der Waals surface area (Å²) in [6.45, 7) is 1.64. The van der Waals surface area contributed by atoms with Crippen LogP contribution in [0.2, 0.25) is 0 Å². The van der Waals surface area contributed by atoms with Crippen molar-refractivity contribution >= 4 is 33.9 Å². The third-order valence-electron chi connectivity index (χ3n) is 9.56. The summed E-state index contributed by atoms with van der Waals surface area (Å²) in [5.41, 5.74) is -0.0575. The van der Waals surface area contributed by atoms with Crippen molar-refractivity contribution in [1.82, 2.24) is 35.1 Å². The van der Waals surface area contributed by atoms with Gasteiger partial charge >= 0.3 is 0 Å². The molecule has 14 heteroatoms. The third kappa shape index (κ3) is 5.39. The van der Waals surface area contributed by atoms with E-state index < -0.39 is 60.2 Å². The number of hydrogen-bond donors (Lipinski definition) is 3. The zero-order chi connectivity index (χ0) is 32.5. The number of hydrogen-bond acceptors (Lipinski definition) is 5. The van der Waals surface area contributed by atoms with Crippen LogP contribution in [0.3, 0.4) is 0 Å². The molecule has 244 valence electrons. The maximum absolute atomic E-state index is 15.6. The first kappa shape index (κ1) is 30.6. The quantitative estimate of drug-likeness (QED) is 0.275. The zero-order valence-electron chi connectivity index (χ0n) is 25.3. The van der Waals surface area contributed by atoms with Crippen LogP contribution in [0, 0.1) is 23.5 Å². The number of carbonyl (C=O) groups excluding carboxylic acids is 2. The molecule has 1 saturated carbocycles. The van der Waals surface area contributed by atoms with Crippen LogP contribution in [0.15, 0.2) is 24.3 Å².